The molecule has 1 aromatic carbocycles. The van der Waals surface area contributed by atoms with Crippen LogP contribution in [-0.2, 0) is 12.8 Å². The number of aryl methyl sites for hydroxylation is 2. The van der Waals surface area contributed by atoms with Gasteiger partial charge in [0.05, 0.1) is 12.0 Å². The number of halogens is 3. The Bertz CT molecular complexity index is 589. The Morgan fingerprint density at radius 2 is 1.91 bits per heavy atom. The summed E-state index contributed by atoms with van der Waals surface area (Å²) < 4.78 is 39.2. The second-order valence-electron chi connectivity index (χ2n) is 6.30. The summed E-state index contributed by atoms with van der Waals surface area (Å²) in [6.07, 6.45) is -0.0309. The van der Waals surface area contributed by atoms with Crippen molar-refractivity contribution in [2.75, 3.05) is 11.9 Å². The second-order valence-corrected chi connectivity index (χ2v) is 6.30. The zero-order valence-electron chi connectivity index (χ0n) is 12.3. The number of rotatable bonds is 3. The first-order valence-corrected chi connectivity index (χ1v) is 7.65. The predicted molar refractivity (Wildman–Crippen MR) is 80.9 cm³/mol. The molecule has 3 N–H and O–H groups in total. The number of anilines is 1. The van der Waals surface area contributed by atoms with Crippen LogP contribution in [-0.4, -0.2) is 18.7 Å². The molecule has 1 fully saturated rings. The van der Waals surface area contributed by atoms with E-state index in [4.69, 9.17) is 5.73 Å². The third kappa shape index (κ3) is 2.78. The summed E-state index contributed by atoms with van der Waals surface area (Å²) in [4.78, 5) is 3.94. The molecule has 0 heterocycles. The van der Waals surface area contributed by atoms with Gasteiger partial charge in [-0.25, -0.2) is 0 Å². The van der Waals surface area contributed by atoms with Gasteiger partial charge in [-0.2, -0.15) is 13.2 Å². The highest BCUT2D eigenvalue weighted by Crippen LogP contribution is 2.53. The highest BCUT2D eigenvalue weighted by molar-refractivity contribution is 5.92. The van der Waals surface area contributed by atoms with Crippen LogP contribution in [0.25, 0.3) is 0 Å². The Morgan fingerprint density at radius 1 is 1.18 bits per heavy atom. The molecular weight excluding hydrogens is 291 g/mol. The number of hydrogen-bond acceptors (Lipinski definition) is 1. The van der Waals surface area contributed by atoms with Crippen molar-refractivity contribution in [2.24, 2.45) is 16.1 Å². The van der Waals surface area contributed by atoms with Crippen molar-refractivity contribution in [1.29, 1.82) is 0 Å². The summed E-state index contributed by atoms with van der Waals surface area (Å²) in [6.45, 7) is -0.291. The lowest BCUT2D eigenvalue weighted by Crippen LogP contribution is -2.46. The van der Waals surface area contributed by atoms with Gasteiger partial charge in [0.1, 0.15) is 0 Å². The van der Waals surface area contributed by atoms with Crippen LogP contribution in [0.3, 0.4) is 0 Å². The van der Waals surface area contributed by atoms with Gasteiger partial charge in [0, 0.05) is 5.69 Å². The topological polar surface area (TPSA) is 50.4 Å². The molecule has 0 spiro atoms. The number of aliphatic imine (C=N–C) groups is 1. The molecule has 120 valence electrons. The molecule has 0 unspecified atom stereocenters. The highest BCUT2D eigenvalue weighted by Gasteiger charge is 2.58. The van der Waals surface area contributed by atoms with E-state index < -0.39 is 11.6 Å². The number of benzene rings is 1. The van der Waals surface area contributed by atoms with E-state index in [2.05, 4.69) is 10.3 Å². The van der Waals surface area contributed by atoms with E-state index in [9.17, 15) is 13.2 Å². The van der Waals surface area contributed by atoms with Crippen LogP contribution in [0.15, 0.2) is 23.2 Å². The summed E-state index contributed by atoms with van der Waals surface area (Å²) in [7, 11) is 0. The molecule has 0 atom stereocenters. The first-order chi connectivity index (χ1) is 10.4. The molecule has 0 radical (unpaired) electrons. The van der Waals surface area contributed by atoms with Crippen LogP contribution in [0, 0.1) is 5.41 Å². The number of guanidine groups is 1. The minimum atomic E-state index is -4.21. The normalized spacial score (nSPS) is 20.4. The molecule has 3 nitrogen and oxygen atoms in total. The lowest BCUT2D eigenvalue weighted by Gasteiger charge is -2.41. The molecule has 3 rings (SSSR count). The number of nitrogens with zero attached hydrogens (tertiary/aromatic N) is 1. The van der Waals surface area contributed by atoms with E-state index in [1.165, 1.54) is 11.1 Å². The van der Waals surface area contributed by atoms with E-state index in [0.717, 1.165) is 24.9 Å². The monoisotopic (exact) mass is 311 g/mol. The van der Waals surface area contributed by atoms with Crippen molar-refractivity contribution in [3.05, 3.63) is 29.3 Å². The van der Waals surface area contributed by atoms with E-state index >= 15 is 0 Å². The van der Waals surface area contributed by atoms with Gasteiger partial charge < -0.3 is 11.1 Å². The third-order valence-corrected chi connectivity index (χ3v) is 4.83. The van der Waals surface area contributed by atoms with Crippen molar-refractivity contribution < 1.29 is 13.2 Å². The van der Waals surface area contributed by atoms with Gasteiger partial charge in [0.2, 0.25) is 0 Å². The lowest BCUT2D eigenvalue weighted by atomic mass is 9.68. The first kappa shape index (κ1) is 15.2. The van der Waals surface area contributed by atoms with Crippen molar-refractivity contribution in [2.45, 2.75) is 44.7 Å². The fourth-order valence-corrected chi connectivity index (χ4v) is 3.21. The molecular formula is C16H20F3N3. The molecule has 2 aliphatic carbocycles. The van der Waals surface area contributed by atoms with Gasteiger partial charge in [-0.1, -0.05) is 12.5 Å². The van der Waals surface area contributed by atoms with Crippen LogP contribution in [0.2, 0.25) is 0 Å². The largest absolute Gasteiger partial charge is 0.396 e. The second kappa shape index (κ2) is 5.48. The average Bonchev–Trinajstić information content (AvgIpc) is 2.83. The molecule has 6 heteroatoms. The Labute approximate surface area is 127 Å². The molecule has 0 bridgehead atoms. The Hall–Kier alpha value is -1.72. The number of nitrogens with one attached hydrogen (secondary N) is 1. The van der Waals surface area contributed by atoms with E-state index in [1.807, 2.05) is 18.2 Å². The number of alkyl halides is 3. The van der Waals surface area contributed by atoms with Crippen LogP contribution in [0.1, 0.15) is 36.8 Å². The van der Waals surface area contributed by atoms with E-state index in [0.29, 0.717) is 6.42 Å². The summed E-state index contributed by atoms with van der Waals surface area (Å²) in [5, 5.41) is 2.90. The van der Waals surface area contributed by atoms with Crippen molar-refractivity contribution >= 4 is 11.6 Å². The number of fused-ring (bicyclic) bond motifs is 1. The van der Waals surface area contributed by atoms with Crippen molar-refractivity contribution in [1.82, 2.24) is 0 Å². The zero-order chi connectivity index (χ0) is 15.8. The van der Waals surface area contributed by atoms with Crippen LogP contribution in [0.5, 0.6) is 0 Å². The van der Waals surface area contributed by atoms with Gasteiger partial charge in [0.15, 0.2) is 5.96 Å². The van der Waals surface area contributed by atoms with E-state index in [-0.39, 0.29) is 25.3 Å². The van der Waals surface area contributed by atoms with Gasteiger partial charge in [-0.15, -0.1) is 0 Å². The zero-order valence-corrected chi connectivity index (χ0v) is 12.3. The van der Waals surface area contributed by atoms with Crippen molar-refractivity contribution in [3.63, 3.8) is 0 Å². The SMILES string of the molecule is NC(=NCC1(C(F)(F)F)CCC1)Nc1ccc2c(c1)CCC2. The highest BCUT2D eigenvalue weighted by atomic mass is 19.4. The molecule has 1 saturated carbocycles. The summed E-state index contributed by atoms with van der Waals surface area (Å²) in [6, 6.07) is 5.95. The van der Waals surface area contributed by atoms with Crippen molar-refractivity contribution in [3.8, 4) is 0 Å². The van der Waals surface area contributed by atoms with Gasteiger partial charge in [0.25, 0.3) is 0 Å². The standard InChI is InChI=1S/C16H20F3N3/c17-16(18,19)15(7-2-8-15)10-21-14(20)22-13-6-5-11-3-1-4-12(11)9-13/h5-6,9H,1-4,7-8,10H2,(H3,20,21,22). The number of hydrogen-bond donors (Lipinski definition) is 2. The minimum Gasteiger partial charge on any atom is -0.370 e. The molecule has 0 aliphatic heterocycles. The quantitative estimate of drug-likeness (QED) is 0.661. The molecule has 0 amide bonds. The van der Waals surface area contributed by atoms with Crippen LogP contribution in [0.4, 0.5) is 18.9 Å². The smallest absolute Gasteiger partial charge is 0.370 e. The third-order valence-electron chi connectivity index (χ3n) is 4.83. The Balaban J connectivity index is 1.65. The maximum Gasteiger partial charge on any atom is 0.396 e. The Morgan fingerprint density at radius 3 is 2.55 bits per heavy atom. The van der Waals surface area contributed by atoms with Crippen LogP contribution < -0.4 is 11.1 Å². The maximum absolute atomic E-state index is 13.1. The first-order valence-electron chi connectivity index (χ1n) is 7.65. The van der Waals surface area contributed by atoms with Crippen LogP contribution >= 0.6 is 0 Å². The van der Waals surface area contributed by atoms with E-state index in [1.54, 1.807) is 0 Å². The summed E-state index contributed by atoms with van der Waals surface area (Å²) in [5.74, 6) is 0.0495. The minimum absolute atomic E-state index is 0.0495. The molecule has 1 aromatic rings. The summed E-state index contributed by atoms with van der Waals surface area (Å²) >= 11 is 0. The predicted octanol–water partition coefficient (Wildman–Crippen LogP) is 3.63. The average molecular weight is 311 g/mol. The molecule has 2 aliphatic rings. The Kier molecular flexibility index (Phi) is 3.78. The molecule has 0 saturated heterocycles. The summed E-state index contributed by atoms with van der Waals surface area (Å²) in [5.41, 5.74) is 7.49. The van der Waals surface area contributed by atoms with Gasteiger partial charge in [-0.05, 0) is 55.4 Å². The maximum atomic E-state index is 13.1. The number of nitrogens with two attached hydrogens (primary N) is 1. The lowest BCUT2D eigenvalue weighted by molar-refractivity contribution is -0.245. The molecule has 22 heavy (non-hydrogen) atoms. The fourth-order valence-electron chi connectivity index (χ4n) is 3.21. The van der Waals surface area contributed by atoms with Gasteiger partial charge in [-0.3, -0.25) is 4.99 Å². The fraction of sp³-hybridized carbons (Fsp3) is 0.562. The van der Waals surface area contributed by atoms with Gasteiger partial charge >= 0.3 is 6.18 Å². The molecule has 0 aromatic heterocycles.